The molecule has 0 saturated heterocycles. The molecule has 0 aliphatic heterocycles. The normalized spacial score (nSPS) is 16.8. The van der Waals surface area contributed by atoms with Crippen LogP contribution in [-0.4, -0.2) is 21.1 Å². The van der Waals surface area contributed by atoms with Crippen LogP contribution in [0.3, 0.4) is 0 Å². The summed E-state index contributed by atoms with van der Waals surface area (Å²) in [5.74, 6) is -1.55. The molecule has 2 N–H and O–H groups in total. The van der Waals surface area contributed by atoms with Crippen molar-refractivity contribution in [3.63, 3.8) is 0 Å². The molecule has 6 nitrogen and oxygen atoms in total. The fraction of sp³-hybridized carbons (Fsp3) is 0.286. The molecular weight excluding hydrogens is 178 g/mol. The van der Waals surface area contributed by atoms with Gasteiger partial charge in [0.05, 0.1) is 4.92 Å². The van der Waals surface area contributed by atoms with Gasteiger partial charge in [-0.15, -0.1) is 0 Å². The zero-order valence-corrected chi connectivity index (χ0v) is 6.56. The maximum Gasteiger partial charge on any atom is 0.331 e. The van der Waals surface area contributed by atoms with Gasteiger partial charge in [-0.25, -0.2) is 4.79 Å². The second-order valence-electron chi connectivity index (χ2n) is 2.56. The van der Waals surface area contributed by atoms with Crippen molar-refractivity contribution in [2.45, 2.75) is 12.8 Å². The van der Waals surface area contributed by atoms with Gasteiger partial charge in [-0.1, -0.05) is 0 Å². The number of aliphatic hydroxyl groups excluding tert-OH is 1. The Labute approximate surface area is 72.9 Å². The second kappa shape index (κ2) is 3.26. The minimum Gasteiger partial charge on any atom is -0.506 e. The molecule has 1 rings (SSSR count). The highest BCUT2D eigenvalue weighted by atomic mass is 16.6. The van der Waals surface area contributed by atoms with Crippen molar-refractivity contribution in [1.29, 1.82) is 0 Å². The Morgan fingerprint density at radius 3 is 2.62 bits per heavy atom. The highest BCUT2D eigenvalue weighted by molar-refractivity contribution is 5.87. The lowest BCUT2D eigenvalue weighted by Gasteiger charge is -2.07. The summed E-state index contributed by atoms with van der Waals surface area (Å²) in [6.45, 7) is 0. The van der Waals surface area contributed by atoms with E-state index >= 15 is 0 Å². The predicted octanol–water partition coefficient (Wildman–Crippen LogP) is 0.838. The van der Waals surface area contributed by atoms with Crippen molar-refractivity contribution in [2.24, 2.45) is 0 Å². The van der Waals surface area contributed by atoms with Crippen molar-refractivity contribution in [1.82, 2.24) is 0 Å². The van der Waals surface area contributed by atoms with Gasteiger partial charge in [0.1, 0.15) is 0 Å². The number of hydrogen-bond acceptors (Lipinski definition) is 4. The Morgan fingerprint density at radius 1 is 1.54 bits per heavy atom. The van der Waals surface area contributed by atoms with Gasteiger partial charge in [-0.05, 0) is 6.42 Å². The molecule has 0 atom stereocenters. The van der Waals surface area contributed by atoms with E-state index < -0.39 is 16.6 Å². The first kappa shape index (κ1) is 9.24. The minimum atomic E-state index is -1.19. The molecule has 0 bridgehead atoms. The van der Waals surface area contributed by atoms with Gasteiger partial charge < -0.3 is 10.2 Å². The lowest BCUT2D eigenvalue weighted by molar-refractivity contribution is -0.422. The summed E-state index contributed by atoms with van der Waals surface area (Å²) in [7, 11) is 0. The van der Waals surface area contributed by atoms with Gasteiger partial charge in [-0.3, -0.25) is 10.1 Å². The first-order chi connectivity index (χ1) is 6.02. The third-order valence-electron chi connectivity index (χ3n) is 1.71. The van der Waals surface area contributed by atoms with Crippen LogP contribution in [0.25, 0.3) is 0 Å². The summed E-state index contributed by atoms with van der Waals surface area (Å²) in [6.07, 6.45) is 1.02. The molecule has 0 spiro atoms. The maximum absolute atomic E-state index is 10.4. The zero-order valence-electron chi connectivity index (χ0n) is 6.56. The van der Waals surface area contributed by atoms with E-state index in [2.05, 4.69) is 0 Å². The van der Waals surface area contributed by atoms with Crippen LogP contribution in [-0.2, 0) is 4.79 Å². The number of carboxylic acid groups (broad SMARTS) is 1. The molecule has 0 aromatic rings. The van der Waals surface area contributed by atoms with Crippen LogP contribution in [0, 0.1) is 10.1 Å². The van der Waals surface area contributed by atoms with E-state index in [1.807, 2.05) is 0 Å². The van der Waals surface area contributed by atoms with Crippen LogP contribution in [0.15, 0.2) is 23.1 Å². The Balaban J connectivity index is 3.05. The van der Waals surface area contributed by atoms with Gasteiger partial charge in [0.15, 0.2) is 5.76 Å². The lowest BCUT2D eigenvalue weighted by Crippen LogP contribution is -2.11. The molecule has 6 heteroatoms. The standard InChI is InChI=1S/C7H7NO5/c9-6-2-1-4(7(10)11)3-5(6)8(12)13/h3,9H,1-2H2,(H,10,11). The van der Waals surface area contributed by atoms with Crippen molar-refractivity contribution < 1.29 is 19.9 Å². The number of nitrogens with zero attached hydrogens (tertiary/aromatic N) is 1. The van der Waals surface area contributed by atoms with Gasteiger partial charge in [0.25, 0.3) is 0 Å². The molecule has 1 aliphatic rings. The molecule has 0 aromatic heterocycles. The molecule has 1 aliphatic carbocycles. The number of aliphatic hydroxyl groups is 1. The van der Waals surface area contributed by atoms with Crippen molar-refractivity contribution >= 4 is 5.97 Å². The average molecular weight is 185 g/mol. The summed E-state index contributed by atoms with van der Waals surface area (Å²) in [4.78, 5) is 19.9. The van der Waals surface area contributed by atoms with E-state index in [0.29, 0.717) is 0 Å². The Hall–Kier alpha value is -1.85. The van der Waals surface area contributed by atoms with E-state index in [1.54, 1.807) is 0 Å². The van der Waals surface area contributed by atoms with Crippen LogP contribution in [0.1, 0.15) is 12.8 Å². The summed E-state index contributed by atoms with van der Waals surface area (Å²) >= 11 is 0. The predicted molar refractivity (Wildman–Crippen MR) is 41.6 cm³/mol. The smallest absolute Gasteiger partial charge is 0.331 e. The van der Waals surface area contributed by atoms with E-state index in [9.17, 15) is 14.9 Å². The Kier molecular flexibility index (Phi) is 2.32. The van der Waals surface area contributed by atoms with E-state index in [0.717, 1.165) is 6.08 Å². The topological polar surface area (TPSA) is 101 Å². The minimum absolute atomic E-state index is 0.00838. The molecule has 13 heavy (non-hydrogen) atoms. The number of allylic oxidation sites excluding steroid dienone is 2. The van der Waals surface area contributed by atoms with Crippen LogP contribution in [0.5, 0.6) is 0 Å². The fourth-order valence-electron chi connectivity index (χ4n) is 1.03. The van der Waals surface area contributed by atoms with Gasteiger partial charge in [0.2, 0.25) is 0 Å². The second-order valence-corrected chi connectivity index (χ2v) is 2.56. The fourth-order valence-corrected chi connectivity index (χ4v) is 1.03. The molecule has 0 heterocycles. The van der Waals surface area contributed by atoms with Crippen molar-refractivity contribution in [3.8, 4) is 0 Å². The lowest BCUT2D eigenvalue weighted by atomic mass is 10.0. The van der Waals surface area contributed by atoms with Crippen molar-refractivity contribution in [3.05, 3.63) is 33.2 Å². The Bertz CT molecular complexity index is 328. The summed E-state index contributed by atoms with van der Waals surface area (Å²) < 4.78 is 0. The first-order valence-electron chi connectivity index (χ1n) is 3.52. The molecule has 0 amide bonds. The molecular formula is C7H7NO5. The van der Waals surface area contributed by atoms with E-state index in [4.69, 9.17) is 10.2 Å². The molecule has 0 unspecified atom stereocenters. The van der Waals surface area contributed by atoms with Crippen LogP contribution in [0.4, 0.5) is 0 Å². The molecule has 0 radical (unpaired) electrons. The number of nitro groups is 1. The summed E-state index contributed by atoms with van der Waals surface area (Å²) in [5, 5.41) is 27.9. The van der Waals surface area contributed by atoms with E-state index in [1.165, 1.54) is 0 Å². The van der Waals surface area contributed by atoms with Gasteiger partial charge in [0, 0.05) is 18.1 Å². The number of rotatable bonds is 2. The largest absolute Gasteiger partial charge is 0.506 e. The Morgan fingerprint density at radius 2 is 2.15 bits per heavy atom. The third-order valence-corrected chi connectivity index (χ3v) is 1.71. The first-order valence-corrected chi connectivity index (χ1v) is 3.52. The third kappa shape index (κ3) is 1.84. The molecule has 0 saturated carbocycles. The van der Waals surface area contributed by atoms with Gasteiger partial charge in [-0.2, -0.15) is 0 Å². The SMILES string of the molecule is O=C(O)C1=CC([N+](=O)[O-])=C(O)CC1. The van der Waals surface area contributed by atoms with E-state index in [-0.39, 0.29) is 24.2 Å². The maximum atomic E-state index is 10.4. The van der Waals surface area contributed by atoms with Crippen LogP contribution < -0.4 is 0 Å². The van der Waals surface area contributed by atoms with Crippen LogP contribution in [0.2, 0.25) is 0 Å². The zero-order chi connectivity index (χ0) is 10.0. The molecule has 0 aromatic carbocycles. The quantitative estimate of drug-likeness (QED) is 0.490. The number of carbonyl (C=O) groups is 1. The molecule has 70 valence electrons. The highest BCUT2D eigenvalue weighted by Crippen LogP contribution is 2.22. The molecule has 0 fully saturated rings. The number of aliphatic carboxylic acids is 1. The summed E-state index contributed by atoms with van der Waals surface area (Å²) in [6, 6.07) is 0. The number of carboxylic acids is 1. The van der Waals surface area contributed by atoms with Crippen LogP contribution >= 0.6 is 0 Å². The monoisotopic (exact) mass is 185 g/mol. The van der Waals surface area contributed by atoms with Crippen molar-refractivity contribution in [2.75, 3.05) is 0 Å². The van der Waals surface area contributed by atoms with Gasteiger partial charge >= 0.3 is 11.7 Å². The highest BCUT2D eigenvalue weighted by Gasteiger charge is 2.24. The average Bonchev–Trinajstić information content (AvgIpc) is 2.04. The number of hydrogen-bond donors (Lipinski definition) is 2. The summed E-state index contributed by atoms with van der Waals surface area (Å²) in [5.41, 5.74) is -0.576.